The van der Waals surface area contributed by atoms with Crippen LogP contribution in [0, 0.1) is 18.3 Å². The molecule has 7 heteroatoms. The van der Waals surface area contributed by atoms with Crippen LogP contribution in [0.15, 0.2) is 47.4 Å². The number of nitrogens with one attached hydrogen (secondary N) is 1. The Balaban J connectivity index is 1.69. The van der Waals surface area contributed by atoms with Crippen LogP contribution < -0.4 is 5.32 Å². The Morgan fingerprint density at radius 3 is 2.68 bits per heavy atom. The third-order valence-corrected chi connectivity index (χ3v) is 6.24. The summed E-state index contributed by atoms with van der Waals surface area (Å²) in [6, 6.07) is 16.2. The summed E-state index contributed by atoms with van der Waals surface area (Å²) in [5.74, 6) is -0.506. The Kier molecular flexibility index (Phi) is 6.34. The molecule has 0 fully saturated rings. The van der Waals surface area contributed by atoms with Gasteiger partial charge in [0.1, 0.15) is 15.9 Å². The summed E-state index contributed by atoms with van der Waals surface area (Å²) in [7, 11) is 0. The van der Waals surface area contributed by atoms with Gasteiger partial charge in [-0.15, -0.1) is 23.1 Å². The molecule has 5 nitrogen and oxygen atoms in total. The summed E-state index contributed by atoms with van der Waals surface area (Å²) in [5.41, 5.74) is 0.834. The normalized spacial score (nSPS) is 10.5. The van der Waals surface area contributed by atoms with E-state index in [0.29, 0.717) is 21.0 Å². The zero-order chi connectivity index (χ0) is 20.1. The van der Waals surface area contributed by atoms with Gasteiger partial charge in [0, 0.05) is 4.90 Å². The Hall–Kier alpha value is -2.82. The van der Waals surface area contributed by atoms with Crippen LogP contribution >= 0.6 is 23.1 Å². The van der Waals surface area contributed by atoms with E-state index in [1.54, 1.807) is 13.8 Å². The minimum absolute atomic E-state index is 0.203. The number of ether oxygens (including phenoxy) is 1. The van der Waals surface area contributed by atoms with E-state index in [1.807, 2.05) is 42.5 Å². The van der Waals surface area contributed by atoms with E-state index < -0.39 is 5.97 Å². The molecule has 0 saturated carbocycles. The number of thiophene rings is 1. The summed E-state index contributed by atoms with van der Waals surface area (Å²) in [6.45, 7) is 3.65. The number of rotatable bonds is 6. The van der Waals surface area contributed by atoms with Crippen molar-refractivity contribution in [3.8, 4) is 6.07 Å². The Bertz CT molecular complexity index is 1080. The van der Waals surface area contributed by atoms with Crippen molar-refractivity contribution in [2.75, 3.05) is 17.7 Å². The van der Waals surface area contributed by atoms with Crippen LogP contribution in [0.3, 0.4) is 0 Å². The SMILES string of the molecule is CCOC(=O)c1sc(NC(=O)CSc2ccc3ccccc3c2)c(C#N)c1C. The van der Waals surface area contributed by atoms with Crippen molar-refractivity contribution in [3.05, 3.63) is 58.5 Å². The summed E-state index contributed by atoms with van der Waals surface area (Å²) in [4.78, 5) is 25.7. The lowest BCUT2D eigenvalue weighted by Crippen LogP contribution is -2.13. The zero-order valence-electron chi connectivity index (χ0n) is 15.4. The largest absolute Gasteiger partial charge is 0.462 e. The lowest BCUT2D eigenvalue weighted by atomic mass is 10.1. The fourth-order valence-corrected chi connectivity index (χ4v) is 4.51. The molecule has 0 saturated heterocycles. The van der Waals surface area contributed by atoms with Gasteiger partial charge >= 0.3 is 5.97 Å². The highest BCUT2D eigenvalue weighted by molar-refractivity contribution is 8.00. The molecule has 0 radical (unpaired) electrons. The first-order chi connectivity index (χ1) is 13.5. The summed E-state index contributed by atoms with van der Waals surface area (Å²) in [6.07, 6.45) is 0. The maximum absolute atomic E-state index is 12.4. The van der Waals surface area contributed by atoms with Gasteiger partial charge in [0.05, 0.1) is 17.9 Å². The Morgan fingerprint density at radius 1 is 1.21 bits per heavy atom. The lowest BCUT2D eigenvalue weighted by molar-refractivity contribution is -0.113. The molecular formula is C21H18N2O3S2. The number of carbonyl (C=O) groups is 2. The predicted molar refractivity (Wildman–Crippen MR) is 113 cm³/mol. The number of fused-ring (bicyclic) bond motifs is 1. The smallest absolute Gasteiger partial charge is 0.348 e. The average Bonchev–Trinajstić information content (AvgIpc) is 3.01. The molecule has 0 aliphatic rings. The number of carbonyl (C=O) groups excluding carboxylic acids is 2. The van der Waals surface area contributed by atoms with E-state index in [4.69, 9.17) is 4.74 Å². The van der Waals surface area contributed by atoms with Gasteiger partial charge in [-0.2, -0.15) is 5.26 Å². The number of benzene rings is 2. The molecule has 28 heavy (non-hydrogen) atoms. The number of esters is 1. The summed E-state index contributed by atoms with van der Waals surface area (Å²) < 4.78 is 5.01. The molecule has 1 amide bonds. The van der Waals surface area contributed by atoms with E-state index in [2.05, 4.69) is 11.4 Å². The standard InChI is InChI=1S/C21H18N2O3S2/c1-3-26-21(25)19-13(2)17(11-22)20(28-19)23-18(24)12-27-16-9-8-14-6-4-5-7-15(14)10-16/h4-10H,3,12H2,1-2H3,(H,23,24). The van der Waals surface area contributed by atoms with E-state index in [0.717, 1.165) is 27.0 Å². The van der Waals surface area contributed by atoms with Gasteiger partial charge in [0.15, 0.2) is 0 Å². The monoisotopic (exact) mass is 410 g/mol. The van der Waals surface area contributed by atoms with E-state index in [1.165, 1.54) is 11.8 Å². The van der Waals surface area contributed by atoms with Gasteiger partial charge < -0.3 is 10.1 Å². The van der Waals surface area contributed by atoms with Gasteiger partial charge in [0.25, 0.3) is 0 Å². The molecule has 0 spiro atoms. The number of nitriles is 1. The fraction of sp³-hybridized carbons (Fsp3) is 0.190. The minimum atomic E-state index is -0.479. The zero-order valence-corrected chi connectivity index (χ0v) is 17.1. The molecule has 1 heterocycles. The van der Waals surface area contributed by atoms with Crippen LogP contribution in [0.1, 0.15) is 27.7 Å². The van der Waals surface area contributed by atoms with E-state index >= 15 is 0 Å². The van der Waals surface area contributed by atoms with Gasteiger partial charge in [-0.1, -0.05) is 30.3 Å². The van der Waals surface area contributed by atoms with Crippen molar-refractivity contribution in [2.45, 2.75) is 18.7 Å². The van der Waals surface area contributed by atoms with Crippen LogP contribution in [0.2, 0.25) is 0 Å². The highest BCUT2D eigenvalue weighted by Gasteiger charge is 2.22. The first kappa shape index (κ1) is 19.9. The Labute approximate surface area is 171 Å². The molecule has 0 unspecified atom stereocenters. The number of hydrogen-bond donors (Lipinski definition) is 1. The van der Waals surface area contributed by atoms with Gasteiger partial charge in [-0.3, -0.25) is 4.79 Å². The third kappa shape index (κ3) is 4.35. The molecule has 3 aromatic rings. The van der Waals surface area contributed by atoms with Crippen LogP contribution in [0.25, 0.3) is 10.8 Å². The highest BCUT2D eigenvalue weighted by atomic mass is 32.2. The number of nitrogens with zero attached hydrogens (tertiary/aromatic N) is 1. The maximum Gasteiger partial charge on any atom is 0.348 e. The van der Waals surface area contributed by atoms with Gasteiger partial charge in [-0.25, -0.2) is 4.79 Å². The molecule has 2 aromatic carbocycles. The van der Waals surface area contributed by atoms with Crippen molar-refractivity contribution in [1.82, 2.24) is 0 Å². The molecule has 0 bridgehead atoms. The Morgan fingerprint density at radius 2 is 1.96 bits per heavy atom. The molecule has 0 aliphatic carbocycles. The second-order valence-electron chi connectivity index (χ2n) is 5.94. The van der Waals surface area contributed by atoms with Gasteiger partial charge in [0.2, 0.25) is 5.91 Å². The van der Waals surface area contributed by atoms with Crippen LogP contribution in [0.4, 0.5) is 5.00 Å². The van der Waals surface area contributed by atoms with Crippen LogP contribution in [0.5, 0.6) is 0 Å². The molecule has 1 N–H and O–H groups in total. The van der Waals surface area contributed by atoms with Gasteiger partial charge in [-0.05, 0) is 42.3 Å². The van der Waals surface area contributed by atoms with Crippen molar-refractivity contribution in [1.29, 1.82) is 5.26 Å². The van der Waals surface area contributed by atoms with Crippen LogP contribution in [-0.4, -0.2) is 24.2 Å². The minimum Gasteiger partial charge on any atom is -0.462 e. The summed E-state index contributed by atoms with van der Waals surface area (Å²) in [5, 5.41) is 14.8. The van der Waals surface area contributed by atoms with Crippen molar-refractivity contribution in [2.24, 2.45) is 0 Å². The first-order valence-corrected chi connectivity index (χ1v) is 10.5. The van der Waals surface area contributed by atoms with Crippen molar-refractivity contribution in [3.63, 3.8) is 0 Å². The third-order valence-electron chi connectivity index (χ3n) is 4.06. The van der Waals surface area contributed by atoms with E-state index in [-0.39, 0.29) is 18.3 Å². The second kappa shape index (κ2) is 8.91. The topological polar surface area (TPSA) is 79.2 Å². The number of thioether (sulfide) groups is 1. The fourth-order valence-electron chi connectivity index (χ4n) is 2.70. The second-order valence-corrected chi connectivity index (χ2v) is 8.01. The average molecular weight is 411 g/mol. The molecule has 0 aliphatic heterocycles. The lowest BCUT2D eigenvalue weighted by Gasteiger charge is -2.05. The van der Waals surface area contributed by atoms with Crippen LogP contribution in [-0.2, 0) is 9.53 Å². The number of amides is 1. The number of hydrogen-bond acceptors (Lipinski definition) is 6. The quantitative estimate of drug-likeness (QED) is 0.457. The number of anilines is 1. The summed E-state index contributed by atoms with van der Waals surface area (Å²) >= 11 is 2.49. The predicted octanol–water partition coefficient (Wildman–Crippen LogP) is 4.99. The van der Waals surface area contributed by atoms with E-state index in [9.17, 15) is 14.9 Å². The molecule has 142 valence electrons. The molecule has 0 atom stereocenters. The molecular weight excluding hydrogens is 392 g/mol. The van der Waals surface area contributed by atoms with Crippen molar-refractivity contribution < 1.29 is 14.3 Å². The highest BCUT2D eigenvalue weighted by Crippen LogP contribution is 2.33. The maximum atomic E-state index is 12.4. The molecule has 1 aromatic heterocycles. The first-order valence-electron chi connectivity index (χ1n) is 8.65. The molecule has 3 rings (SSSR count). The van der Waals surface area contributed by atoms with Crippen molar-refractivity contribution >= 4 is 50.7 Å².